The lowest BCUT2D eigenvalue weighted by Gasteiger charge is -2.23. The van der Waals surface area contributed by atoms with Gasteiger partial charge in [0, 0.05) is 12.7 Å². The number of carboxylic acid groups (broad SMARTS) is 1. The quantitative estimate of drug-likeness (QED) is 0.832. The molecule has 0 radical (unpaired) electrons. The lowest BCUT2D eigenvalue weighted by atomic mass is 10.0. The van der Waals surface area contributed by atoms with E-state index in [-0.39, 0.29) is 5.91 Å². The second kappa shape index (κ2) is 4.12. The molecule has 1 aliphatic rings. The summed E-state index contributed by atoms with van der Waals surface area (Å²) in [5.41, 5.74) is 1.63. The van der Waals surface area contributed by atoms with Gasteiger partial charge in [-0.2, -0.15) is 0 Å². The predicted octanol–water partition coefficient (Wildman–Crippen LogP) is 2.13. The summed E-state index contributed by atoms with van der Waals surface area (Å²) in [5, 5.41) is 9.15. The molecule has 96 valence electrons. The van der Waals surface area contributed by atoms with Crippen LogP contribution in [0, 0.1) is 19.3 Å². The molecule has 1 saturated carbocycles. The first-order valence-electron chi connectivity index (χ1n) is 5.97. The van der Waals surface area contributed by atoms with E-state index >= 15 is 0 Å². The molecule has 1 fully saturated rings. The van der Waals surface area contributed by atoms with E-state index in [9.17, 15) is 9.59 Å². The molecule has 1 aromatic carbocycles. The SMILES string of the molecule is Cc1ccc(C)c(N(C)C(=O)C2(C(=O)O)CC2)c1. The average molecular weight is 247 g/mol. The summed E-state index contributed by atoms with van der Waals surface area (Å²) in [4.78, 5) is 24.9. The first kappa shape index (κ1) is 12.6. The maximum atomic E-state index is 12.3. The van der Waals surface area contributed by atoms with E-state index in [4.69, 9.17) is 5.11 Å². The Bertz CT molecular complexity index is 518. The first-order chi connectivity index (χ1) is 8.38. The van der Waals surface area contributed by atoms with Crippen molar-refractivity contribution in [2.45, 2.75) is 26.7 Å². The van der Waals surface area contributed by atoms with Gasteiger partial charge in [0.2, 0.25) is 5.91 Å². The smallest absolute Gasteiger partial charge is 0.319 e. The molecular formula is C14H17NO3. The van der Waals surface area contributed by atoms with Crippen LogP contribution in [0.25, 0.3) is 0 Å². The molecule has 0 bridgehead atoms. The van der Waals surface area contributed by atoms with Crippen molar-refractivity contribution in [3.63, 3.8) is 0 Å². The fraction of sp³-hybridized carbons (Fsp3) is 0.429. The van der Waals surface area contributed by atoms with Gasteiger partial charge in [-0.25, -0.2) is 0 Å². The highest BCUT2D eigenvalue weighted by atomic mass is 16.4. The number of amides is 1. The maximum absolute atomic E-state index is 12.3. The molecule has 0 aromatic heterocycles. The second-order valence-electron chi connectivity index (χ2n) is 5.04. The number of rotatable bonds is 3. The molecule has 18 heavy (non-hydrogen) atoms. The Balaban J connectivity index is 2.32. The van der Waals surface area contributed by atoms with Gasteiger partial charge in [0.1, 0.15) is 5.41 Å². The zero-order valence-corrected chi connectivity index (χ0v) is 10.9. The van der Waals surface area contributed by atoms with Gasteiger partial charge in [-0.15, -0.1) is 0 Å². The number of hydrogen-bond acceptors (Lipinski definition) is 2. The van der Waals surface area contributed by atoms with Crippen LogP contribution in [0.5, 0.6) is 0 Å². The molecule has 2 rings (SSSR count). The molecule has 0 atom stereocenters. The third-order valence-electron chi connectivity index (χ3n) is 3.60. The van der Waals surface area contributed by atoms with Crippen molar-refractivity contribution in [2.24, 2.45) is 5.41 Å². The highest BCUT2D eigenvalue weighted by Gasteiger charge is 2.58. The Labute approximate surface area is 106 Å². The van der Waals surface area contributed by atoms with Gasteiger partial charge in [-0.3, -0.25) is 9.59 Å². The van der Waals surface area contributed by atoms with Crippen LogP contribution in [0.15, 0.2) is 18.2 Å². The number of carbonyl (C=O) groups excluding carboxylic acids is 1. The summed E-state index contributed by atoms with van der Waals surface area (Å²) in [5.74, 6) is -1.33. The first-order valence-corrected chi connectivity index (χ1v) is 5.97. The highest BCUT2D eigenvalue weighted by molar-refractivity contribution is 6.12. The van der Waals surface area contributed by atoms with Crippen LogP contribution >= 0.6 is 0 Å². The van der Waals surface area contributed by atoms with E-state index in [0.29, 0.717) is 12.8 Å². The molecule has 1 amide bonds. The van der Waals surface area contributed by atoms with Gasteiger partial charge in [0.05, 0.1) is 0 Å². The van der Waals surface area contributed by atoms with Gasteiger partial charge in [-0.05, 0) is 43.9 Å². The number of aliphatic carboxylic acids is 1. The van der Waals surface area contributed by atoms with E-state index in [1.807, 2.05) is 32.0 Å². The summed E-state index contributed by atoms with van der Waals surface area (Å²) < 4.78 is 0. The molecule has 1 aliphatic carbocycles. The average Bonchev–Trinajstić information content (AvgIpc) is 3.11. The highest BCUT2D eigenvalue weighted by Crippen LogP contribution is 2.48. The van der Waals surface area contributed by atoms with Crippen LogP contribution in [0.2, 0.25) is 0 Å². The van der Waals surface area contributed by atoms with Crippen LogP contribution in [-0.2, 0) is 9.59 Å². The van der Waals surface area contributed by atoms with Crippen LogP contribution < -0.4 is 4.90 Å². The topological polar surface area (TPSA) is 57.6 Å². The van der Waals surface area contributed by atoms with Crippen LogP contribution in [-0.4, -0.2) is 24.0 Å². The van der Waals surface area contributed by atoms with Gasteiger partial charge < -0.3 is 10.0 Å². The Hall–Kier alpha value is -1.84. The normalized spacial score (nSPS) is 16.2. The zero-order valence-electron chi connectivity index (χ0n) is 10.9. The third-order valence-corrected chi connectivity index (χ3v) is 3.60. The minimum absolute atomic E-state index is 0.316. The van der Waals surface area contributed by atoms with Crippen LogP contribution in [0.1, 0.15) is 24.0 Å². The van der Waals surface area contributed by atoms with Gasteiger partial charge in [0.15, 0.2) is 0 Å². The Morgan fingerprint density at radius 1 is 1.28 bits per heavy atom. The van der Waals surface area contributed by atoms with Crippen molar-refractivity contribution in [1.29, 1.82) is 0 Å². The number of anilines is 1. The summed E-state index contributed by atoms with van der Waals surface area (Å²) in [7, 11) is 1.65. The second-order valence-corrected chi connectivity index (χ2v) is 5.04. The molecule has 4 heteroatoms. The maximum Gasteiger partial charge on any atom is 0.319 e. The summed E-state index contributed by atoms with van der Waals surface area (Å²) in [6.07, 6.45) is 0.882. The number of nitrogens with zero attached hydrogens (tertiary/aromatic N) is 1. The third kappa shape index (κ3) is 1.88. The Kier molecular flexibility index (Phi) is 2.89. The fourth-order valence-electron chi connectivity index (χ4n) is 2.16. The van der Waals surface area contributed by atoms with Crippen LogP contribution in [0.3, 0.4) is 0 Å². The Morgan fingerprint density at radius 3 is 2.39 bits per heavy atom. The van der Waals surface area contributed by atoms with E-state index < -0.39 is 11.4 Å². The zero-order chi connectivity index (χ0) is 13.5. The van der Waals surface area contributed by atoms with Gasteiger partial charge in [0.25, 0.3) is 0 Å². The lowest BCUT2D eigenvalue weighted by Crippen LogP contribution is -2.38. The number of benzene rings is 1. The monoisotopic (exact) mass is 247 g/mol. The van der Waals surface area contributed by atoms with Crippen molar-refractivity contribution in [1.82, 2.24) is 0 Å². The van der Waals surface area contributed by atoms with Crippen LogP contribution in [0.4, 0.5) is 5.69 Å². The largest absolute Gasteiger partial charge is 0.480 e. The minimum Gasteiger partial charge on any atom is -0.480 e. The van der Waals surface area contributed by atoms with Crippen molar-refractivity contribution < 1.29 is 14.7 Å². The van der Waals surface area contributed by atoms with E-state index in [2.05, 4.69) is 0 Å². The summed E-state index contributed by atoms with van der Waals surface area (Å²) in [6.45, 7) is 3.87. The van der Waals surface area contributed by atoms with Gasteiger partial charge in [-0.1, -0.05) is 12.1 Å². The summed E-state index contributed by atoms with van der Waals surface area (Å²) in [6, 6.07) is 5.82. The number of carbonyl (C=O) groups is 2. The molecule has 0 aliphatic heterocycles. The molecule has 1 N–H and O–H groups in total. The molecule has 4 nitrogen and oxygen atoms in total. The summed E-state index contributed by atoms with van der Waals surface area (Å²) >= 11 is 0. The molecule has 0 spiro atoms. The standard InChI is InChI=1S/C14H17NO3/c1-9-4-5-10(2)11(8-9)15(3)12(16)14(6-7-14)13(17)18/h4-5,8H,6-7H2,1-3H3,(H,17,18). The van der Waals surface area contributed by atoms with Gasteiger partial charge >= 0.3 is 5.97 Å². The Morgan fingerprint density at radius 2 is 1.89 bits per heavy atom. The van der Waals surface area contributed by atoms with E-state index in [1.165, 1.54) is 4.90 Å². The van der Waals surface area contributed by atoms with Crippen molar-refractivity contribution in [3.05, 3.63) is 29.3 Å². The van der Waals surface area contributed by atoms with E-state index in [0.717, 1.165) is 16.8 Å². The fourth-order valence-corrected chi connectivity index (χ4v) is 2.16. The molecule has 1 aromatic rings. The molecule has 0 saturated heterocycles. The minimum atomic E-state index is -1.18. The lowest BCUT2D eigenvalue weighted by molar-refractivity contribution is -0.148. The van der Waals surface area contributed by atoms with E-state index in [1.54, 1.807) is 7.05 Å². The predicted molar refractivity (Wildman–Crippen MR) is 68.6 cm³/mol. The van der Waals surface area contributed by atoms with Crippen molar-refractivity contribution in [2.75, 3.05) is 11.9 Å². The number of aryl methyl sites for hydroxylation is 2. The molecule has 0 heterocycles. The van der Waals surface area contributed by atoms with Crippen molar-refractivity contribution in [3.8, 4) is 0 Å². The van der Waals surface area contributed by atoms with Crippen molar-refractivity contribution >= 4 is 17.6 Å². The number of hydrogen-bond donors (Lipinski definition) is 1. The number of carboxylic acids is 1. The molecular weight excluding hydrogens is 230 g/mol. The molecule has 0 unspecified atom stereocenters.